The highest BCUT2D eigenvalue weighted by Gasteiger charge is 2.73. The maximum Gasteiger partial charge on any atom is 0.406 e. The summed E-state index contributed by atoms with van der Waals surface area (Å²) in [5.41, 5.74) is 9.86. The van der Waals surface area contributed by atoms with Gasteiger partial charge < -0.3 is 26.0 Å². The van der Waals surface area contributed by atoms with E-state index in [-0.39, 0.29) is 29.1 Å². The number of fused-ring (bicyclic) bond motifs is 5. The van der Waals surface area contributed by atoms with Crippen molar-refractivity contribution >= 4 is 18.0 Å². The van der Waals surface area contributed by atoms with Gasteiger partial charge in [0.25, 0.3) is 0 Å². The Morgan fingerprint density at radius 1 is 0.975 bits per heavy atom. The van der Waals surface area contributed by atoms with Gasteiger partial charge in [-0.05, 0) is 92.8 Å². The molecule has 1 amide bonds. The summed E-state index contributed by atoms with van der Waals surface area (Å²) in [5, 5.41) is 10.1. The van der Waals surface area contributed by atoms with Crippen molar-refractivity contribution in [3.8, 4) is 0 Å². The molecule has 0 spiro atoms. The smallest absolute Gasteiger partial charge is 0.406 e. The van der Waals surface area contributed by atoms with E-state index in [2.05, 4.69) is 25.7 Å². The molecule has 5 fully saturated rings. The maximum absolute atomic E-state index is 12.9. The Balaban J connectivity index is 1.60. The summed E-state index contributed by atoms with van der Waals surface area (Å²) >= 11 is 0. The van der Waals surface area contributed by atoms with Crippen molar-refractivity contribution in [3.05, 3.63) is 0 Å². The van der Waals surface area contributed by atoms with Crippen molar-refractivity contribution in [2.75, 3.05) is 13.1 Å². The van der Waals surface area contributed by atoms with E-state index in [0.717, 1.165) is 70.9 Å². The lowest BCUT2D eigenvalue weighted by Gasteiger charge is -2.69. The predicted molar refractivity (Wildman–Crippen MR) is 150 cm³/mol. The minimum absolute atomic E-state index is 0.202. The number of primary amides is 1. The number of piperidine rings is 1. The van der Waals surface area contributed by atoms with Crippen LogP contribution >= 0.6 is 0 Å². The zero-order valence-electron chi connectivity index (χ0n) is 25.0. The summed E-state index contributed by atoms with van der Waals surface area (Å²) < 4.78 is 12.7. The fourth-order valence-corrected chi connectivity index (χ4v) is 11.1. The fraction of sp³-hybridized carbons (Fsp3) is 0.903. The number of ether oxygens (including phenoxy) is 2. The van der Waals surface area contributed by atoms with E-state index < -0.39 is 40.3 Å². The van der Waals surface area contributed by atoms with Crippen molar-refractivity contribution in [1.82, 2.24) is 4.90 Å². The Hall–Kier alpha value is -1.87. The van der Waals surface area contributed by atoms with E-state index in [1.807, 2.05) is 0 Å². The van der Waals surface area contributed by atoms with Crippen LogP contribution in [0.25, 0.3) is 0 Å². The van der Waals surface area contributed by atoms with Crippen LogP contribution in [0.3, 0.4) is 0 Å². The normalized spacial score (nSPS) is 46.9. The monoisotopic (exact) mass is 561 g/mol. The number of carbonyl (C=O) groups excluding carboxylic acids is 2. The molecular weight excluding hydrogens is 510 g/mol. The van der Waals surface area contributed by atoms with Crippen molar-refractivity contribution in [1.29, 1.82) is 0 Å². The van der Waals surface area contributed by atoms with Crippen LogP contribution in [0.5, 0.6) is 0 Å². The molecule has 0 aromatic rings. The Morgan fingerprint density at radius 2 is 1.68 bits per heavy atom. The second-order valence-corrected chi connectivity index (χ2v) is 14.4. The third-order valence-electron chi connectivity index (χ3n) is 12.7. The zero-order chi connectivity index (χ0) is 29.1. The van der Waals surface area contributed by atoms with Crippen LogP contribution < -0.4 is 11.5 Å². The number of carbonyl (C=O) groups is 3. The fourth-order valence-electron chi connectivity index (χ4n) is 11.1. The largest absolute Gasteiger partial charge is 0.481 e. The van der Waals surface area contributed by atoms with Crippen molar-refractivity contribution in [2.45, 2.75) is 128 Å². The minimum Gasteiger partial charge on any atom is -0.481 e. The lowest BCUT2D eigenvalue weighted by molar-refractivity contribution is -0.304. The Bertz CT molecular complexity index is 1030. The number of rotatable bonds is 6. The first-order valence-corrected chi connectivity index (χ1v) is 15.7. The number of carboxylic acids is 1. The number of aliphatic carboxylic acids is 1. The van der Waals surface area contributed by atoms with Crippen LogP contribution in [0, 0.1) is 34.5 Å². The molecule has 4 aliphatic carbocycles. The maximum atomic E-state index is 12.9. The first-order valence-electron chi connectivity index (χ1n) is 15.7. The van der Waals surface area contributed by atoms with Gasteiger partial charge >= 0.3 is 18.0 Å². The lowest BCUT2D eigenvalue weighted by Crippen LogP contribution is -2.76. The molecule has 0 radical (unpaired) electrons. The van der Waals surface area contributed by atoms with Crippen molar-refractivity contribution in [2.24, 2.45) is 46.0 Å². The molecule has 5 rings (SSSR count). The number of nitrogens with two attached hydrogens (primary N) is 2. The van der Waals surface area contributed by atoms with Crippen LogP contribution in [0.1, 0.15) is 111 Å². The van der Waals surface area contributed by atoms with Gasteiger partial charge in [0, 0.05) is 32.0 Å². The summed E-state index contributed by atoms with van der Waals surface area (Å²) in [6.07, 6.45) is 9.70. The number of nitrogens with zero attached hydrogens (tertiary/aromatic N) is 1. The lowest BCUT2D eigenvalue weighted by atomic mass is 9.40. The molecule has 226 valence electrons. The van der Waals surface area contributed by atoms with Crippen LogP contribution in [-0.2, 0) is 19.1 Å². The SMILES string of the molecule is CCCC1(OC(C)=O)C[C@@]2(C)C(CC[C@@H]3[C@@H]2CC[C@]2(C)C(C(=O)O)CCC32N)CC1(OC(N)=O)N1CCCCC1. The summed E-state index contributed by atoms with van der Waals surface area (Å²) in [6.45, 7) is 9.55. The highest BCUT2D eigenvalue weighted by atomic mass is 16.6. The molecule has 1 heterocycles. The second kappa shape index (κ2) is 10.1. The highest BCUT2D eigenvalue weighted by molar-refractivity contribution is 5.72. The Kier molecular flexibility index (Phi) is 7.51. The molecule has 5 N–H and O–H groups in total. The summed E-state index contributed by atoms with van der Waals surface area (Å²) in [6, 6.07) is 0. The van der Waals surface area contributed by atoms with E-state index in [9.17, 15) is 19.5 Å². The van der Waals surface area contributed by atoms with Crippen LogP contribution in [0.2, 0.25) is 0 Å². The van der Waals surface area contributed by atoms with Gasteiger partial charge in [0.1, 0.15) is 0 Å². The first-order chi connectivity index (χ1) is 18.8. The topological polar surface area (TPSA) is 145 Å². The molecule has 40 heavy (non-hydrogen) atoms. The predicted octanol–water partition coefficient (Wildman–Crippen LogP) is 4.80. The van der Waals surface area contributed by atoms with E-state index in [1.54, 1.807) is 0 Å². The third kappa shape index (κ3) is 4.11. The molecule has 5 aliphatic rings. The van der Waals surface area contributed by atoms with Gasteiger partial charge in [0.15, 0.2) is 5.60 Å². The molecule has 1 saturated heterocycles. The second-order valence-electron chi connectivity index (χ2n) is 14.4. The van der Waals surface area contributed by atoms with Gasteiger partial charge in [-0.15, -0.1) is 0 Å². The van der Waals surface area contributed by atoms with E-state index in [0.29, 0.717) is 25.7 Å². The number of carboxylic acid groups (broad SMARTS) is 1. The molecule has 9 heteroatoms. The minimum atomic E-state index is -1.11. The van der Waals surface area contributed by atoms with Gasteiger partial charge in [-0.25, -0.2) is 4.79 Å². The van der Waals surface area contributed by atoms with Gasteiger partial charge in [0.2, 0.25) is 5.72 Å². The molecular formula is C31H51N3O6. The summed E-state index contributed by atoms with van der Waals surface area (Å²) in [5.74, 6) is -0.794. The number of esters is 1. The summed E-state index contributed by atoms with van der Waals surface area (Å²) in [7, 11) is 0. The van der Waals surface area contributed by atoms with Crippen LogP contribution in [0.4, 0.5) is 4.79 Å². The molecule has 5 unspecified atom stereocenters. The number of hydrogen-bond acceptors (Lipinski definition) is 7. The molecule has 0 aromatic heterocycles. The van der Waals surface area contributed by atoms with E-state index in [1.165, 1.54) is 6.92 Å². The number of amides is 1. The van der Waals surface area contributed by atoms with E-state index >= 15 is 0 Å². The average Bonchev–Trinajstić information content (AvgIpc) is 3.16. The summed E-state index contributed by atoms with van der Waals surface area (Å²) in [4.78, 5) is 40.0. The molecule has 9 atom stereocenters. The van der Waals surface area contributed by atoms with Gasteiger partial charge in [-0.1, -0.05) is 33.6 Å². The van der Waals surface area contributed by atoms with Crippen LogP contribution in [0.15, 0.2) is 0 Å². The highest BCUT2D eigenvalue weighted by Crippen LogP contribution is 2.71. The van der Waals surface area contributed by atoms with Crippen molar-refractivity contribution < 1.29 is 29.0 Å². The van der Waals surface area contributed by atoms with Crippen LogP contribution in [-0.4, -0.2) is 58.0 Å². The van der Waals surface area contributed by atoms with E-state index in [4.69, 9.17) is 20.9 Å². The first kappa shape index (κ1) is 29.6. The molecule has 1 aliphatic heterocycles. The van der Waals surface area contributed by atoms with Crippen molar-refractivity contribution in [3.63, 3.8) is 0 Å². The quantitative estimate of drug-likeness (QED) is 0.392. The standard InChI is InChI=1S/C31H51N3O6/c1-5-13-29(39-20(2)35)19-27(3)21(18-31(29,40-26(32)38)34-16-7-6-8-17-34)9-10-23-22(27)11-14-28(4)24(25(36)37)12-15-30(23,28)33/h21-24H,5-19,33H2,1-4H3,(H2,32,38)(H,36,37)/t21?,22-,23+,24?,27-,28+,29?,30?,31?/m0/s1. The molecule has 4 saturated carbocycles. The average molecular weight is 562 g/mol. The van der Waals surface area contributed by atoms with Gasteiger partial charge in [-0.2, -0.15) is 0 Å². The van der Waals surface area contributed by atoms with Gasteiger partial charge in [0.05, 0.1) is 5.92 Å². The molecule has 0 bridgehead atoms. The zero-order valence-corrected chi connectivity index (χ0v) is 25.0. The molecule has 9 nitrogen and oxygen atoms in total. The third-order valence-corrected chi connectivity index (χ3v) is 12.7. The molecule has 0 aromatic carbocycles. The number of hydrogen-bond donors (Lipinski definition) is 3. The Morgan fingerprint density at radius 3 is 2.27 bits per heavy atom. The Labute approximate surface area is 239 Å². The number of likely N-dealkylation sites (tertiary alicyclic amines) is 1. The van der Waals surface area contributed by atoms with Gasteiger partial charge in [-0.3, -0.25) is 14.5 Å².